The molecule has 5 N–H and O–H groups in total. The Hall–Kier alpha value is -3.88. The predicted molar refractivity (Wildman–Crippen MR) is 149 cm³/mol. The zero-order valence-electron chi connectivity index (χ0n) is 22.6. The largest absolute Gasteiger partial charge is 0.508 e. The van der Waals surface area contributed by atoms with Crippen molar-refractivity contribution in [2.75, 3.05) is 26.9 Å². The molecule has 0 saturated heterocycles. The molecular weight excluding hydrogens is 508 g/mol. The third-order valence-electron chi connectivity index (χ3n) is 8.81. The minimum atomic E-state index is -0.772. The first kappa shape index (κ1) is 25.1. The number of phenolic OH excluding ortho intramolecular Hbond substituents is 2. The van der Waals surface area contributed by atoms with E-state index in [0.717, 1.165) is 83.8 Å². The molecule has 0 amide bonds. The van der Waals surface area contributed by atoms with E-state index >= 15 is 0 Å². The van der Waals surface area contributed by atoms with Gasteiger partial charge in [-0.1, -0.05) is 12.1 Å². The molecule has 208 valence electrons. The summed E-state index contributed by atoms with van der Waals surface area (Å²) in [6, 6.07) is 10.8. The number of quaternary nitrogens is 1. The third-order valence-corrected chi connectivity index (χ3v) is 8.81. The molecule has 40 heavy (non-hydrogen) atoms. The second-order valence-corrected chi connectivity index (χ2v) is 11.3. The summed E-state index contributed by atoms with van der Waals surface area (Å²) >= 11 is 0. The van der Waals surface area contributed by atoms with Gasteiger partial charge in [0.15, 0.2) is 18.2 Å². The smallest absolute Gasteiger partial charge is 0.160 e. The van der Waals surface area contributed by atoms with Crippen molar-refractivity contribution in [3.8, 4) is 39.9 Å². The number of aromatic hydroxyl groups is 2. The highest BCUT2D eigenvalue weighted by Gasteiger charge is 2.41. The molecule has 3 heterocycles. The van der Waals surface area contributed by atoms with Crippen LogP contribution in [0.5, 0.6) is 28.7 Å². The Morgan fingerprint density at radius 3 is 2.80 bits per heavy atom. The number of rotatable bonds is 5. The Morgan fingerprint density at radius 1 is 1.07 bits per heavy atom. The molecule has 4 unspecified atom stereocenters. The first-order valence-electron chi connectivity index (χ1n) is 14.1. The summed E-state index contributed by atoms with van der Waals surface area (Å²) < 4.78 is 18.5. The molecule has 7 rings (SSSR count). The topological polar surface area (TPSA) is 105 Å². The van der Waals surface area contributed by atoms with Gasteiger partial charge >= 0.3 is 0 Å². The fraction of sp³-hybridized carbons (Fsp3) is 0.375. The van der Waals surface area contributed by atoms with Crippen molar-refractivity contribution in [2.45, 2.75) is 50.2 Å². The molecule has 4 aliphatic rings. The van der Waals surface area contributed by atoms with Gasteiger partial charge in [0, 0.05) is 29.5 Å². The van der Waals surface area contributed by atoms with Crippen molar-refractivity contribution >= 4 is 0 Å². The molecule has 3 aliphatic heterocycles. The van der Waals surface area contributed by atoms with Crippen molar-refractivity contribution in [3.05, 3.63) is 76.6 Å². The van der Waals surface area contributed by atoms with E-state index in [1.807, 2.05) is 18.3 Å². The summed E-state index contributed by atoms with van der Waals surface area (Å²) in [6.07, 6.45) is 6.74. The number of phenols is 2. The van der Waals surface area contributed by atoms with Crippen molar-refractivity contribution < 1.29 is 34.4 Å². The maximum atomic E-state index is 11.5. The molecule has 4 atom stereocenters. The van der Waals surface area contributed by atoms with E-state index in [4.69, 9.17) is 14.2 Å². The molecule has 1 aliphatic carbocycles. The number of hydrogen-bond acceptors (Lipinski definition) is 7. The van der Waals surface area contributed by atoms with Gasteiger partial charge in [-0.2, -0.15) is 0 Å². The Kier molecular flexibility index (Phi) is 6.24. The van der Waals surface area contributed by atoms with Crippen LogP contribution in [-0.4, -0.2) is 48.4 Å². The highest BCUT2D eigenvalue weighted by molar-refractivity contribution is 5.85. The molecule has 8 nitrogen and oxygen atoms in total. The highest BCUT2D eigenvalue weighted by atomic mass is 16.5. The van der Waals surface area contributed by atoms with Crippen LogP contribution >= 0.6 is 0 Å². The lowest BCUT2D eigenvalue weighted by molar-refractivity contribution is -0.843. The van der Waals surface area contributed by atoms with E-state index in [2.05, 4.69) is 11.5 Å². The average Bonchev–Trinajstić information content (AvgIpc) is 3.49. The van der Waals surface area contributed by atoms with E-state index in [1.54, 1.807) is 24.3 Å². The lowest BCUT2D eigenvalue weighted by atomic mass is 9.71. The quantitative estimate of drug-likeness (QED) is 0.337. The van der Waals surface area contributed by atoms with Crippen molar-refractivity contribution in [3.63, 3.8) is 0 Å². The monoisotopic (exact) mass is 543 g/mol. The molecule has 0 fully saturated rings. The normalized spacial score (nSPS) is 24.1. The predicted octanol–water partition coefficient (Wildman–Crippen LogP) is 3.08. The van der Waals surface area contributed by atoms with Crippen LogP contribution in [0.1, 0.15) is 52.7 Å². The number of fused-ring (bicyclic) bond motifs is 8. The lowest BCUT2D eigenvalue weighted by Crippen LogP contribution is -3.07. The maximum absolute atomic E-state index is 11.5. The minimum absolute atomic E-state index is 0.0505. The van der Waals surface area contributed by atoms with Crippen LogP contribution in [0.15, 0.2) is 48.8 Å². The molecule has 0 aromatic heterocycles. The van der Waals surface area contributed by atoms with Gasteiger partial charge in [0.2, 0.25) is 0 Å². The van der Waals surface area contributed by atoms with E-state index in [0.29, 0.717) is 18.8 Å². The van der Waals surface area contributed by atoms with Gasteiger partial charge in [-0.3, -0.25) is 4.90 Å². The Labute approximate surface area is 233 Å². The number of benzene rings is 3. The van der Waals surface area contributed by atoms with Crippen LogP contribution in [0.4, 0.5) is 0 Å². The van der Waals surface area contributed by atoms with Crippen LogP contribution in [0, 0.1) is 0 Å². The van der Waals surface area contributed by atoms with Gasteiger partial charge < -0.3 is 34.8 Å². The zero-order valence-corrected chi connectivity index (χ0v) is 22.6. The SMILES string of the molecule is COc1cc(C2Oc3c4c(c5c(c3CC2O)C(CC[NH+]2C=CNC2)Cc2cc(O)ccc2-5)OCCC4)ccc1O. The second-order valence-electron chi connectivity index (χ2n) is 11.3. The van der Waals surface area contributed by atoms with Crippen LogP contribution in [0.25, 0.3) is 11.1 Å². The van der Waals surface area contributed by atoms with E-state index in [-0.39, 0.29) is 17.4 Å². The second kappa shape index (κ2) is 9.94. The number of ether oxygens (including phenoxy) is 3. The Balaban J connectivity index is 1.38. The first-order valence-corrected chi connectivity index (χ1v) is 14.1. The van der Waals surface area contributed by atoms with Gasteiger partial charge in [0.25, 0.3) is 0 Å². The number of nitrogens with one attached hydrogen (secondary N) is 2. The maximum Gasteiger partial charge on any atom is 0.160 e. The van der Waals surface area contributed by atoms with Crippen LogP contribution in [0.3, 0.4) is 0 Å². The molecule has 8 heteroatoms. The summed E-state index contributed by atoms with van der Waals surface area (Å²) in [5.74, 6) is 2.58. The third kappa shape index (κ3) is 4.14. The first-order chi connectivity index (χ1) is 19.5. The van der Waals surface area contributed by atoms with Gasteiger partial charge in [-0.15, -0.1) is 0 Å². The Morgan fingerprint density at radius 2 is 1.98 bits per heavy atom. The molecule has 0 bridgehead atoms. The minimum Gasteiger partial charge on any atom is -0.508 e. The van der Waals surface area contributed by atoms with E-state index in [1.165, 1.54) is 17.6 Å². The van der Waals surface area contributed by atoms with Gasteiger partial charge in [0.1, 0.15) is 29.6 Å². The van der Waals surface area contributed by atoms with Crippen LogP contribution in [0.2, 0.25) is 0 Å². The summed E-state index contributed by atoms with van der Waals surface area (Å²) in [7, 11) is 1.51. The summed E-state index contributed by atoms with van der Waals surface area (Å²) in [4.78, 5) is 1.38. The number of hydrogen-bond donors (Lipinski definition) is 5. The molecule has 3 aromatic rings. The number of methoxy groups -OCH3 is 1. The van der Waals surface area contributed by atoms with Gasteiger partial charge in [0.05, 0.1) is 32.6 Å². The fourth-order valence-electron chi connectivity index (χ4n) is 6.95. The fourth-order valence-corrected chi connectivity index (χ4v) is 6.95. The van der Waals surface area contributed by atoms with Gasteiger partial charge in [-0.05, 0) is 71.7 Å². The standard InChI is InChI=1S/C32H34N2O6/c1-38-27-15-19(4-7-25(27)36)30-26(37)16-24-28-18(8-10-34-11-9-33-17-34)13-20-14-21(35)5-6-22(20)29(28)32-23(31(24)40-30)3-2-12-39-32/h4-7,9,11,14-15,18,26,30,33,35-37H,2-3,8,10,12-13,16-17H2,1H3/p+1. The summed E-state index contributed by atoms with van der Waals surface area (Å²) in [6.45, 7) is 2.49. The van der Waals surface area contributed by atoms with Crippen molar-refractivity contribution in [2.24, 2.45) is 0 Å². The zero-order chi connectivity index (χ0) is 27.4. The molecule has 3 aromatic carbocycles. The number of aliphatic hydroxyl groups excluding tert-OH is 1. The van der Waals surface area contributed by atoms with Crippen LogP contribution < -0.4 is 24.4 Å². The van der Waals surface area contributed by atoms with Crippen molar-refractivity contribution in [1.29, 1.82) is 0 Å². The van der Waals surface area contributed by atoms with Gasteiger partial charge in [-0.25, -0.2) is 0 Å². The lowest BCUT2D eigenvalue weighted by Gasteiger charge is -2.40. The van der Waals surface area contributed by atoms with Crippen LogP contribution in [-0.2, 0) is 19.3 Å². The average molecular weight is 544 g/mol. The molecule has 0 radical (unpaired) electrons. The summed E-state index contributed by atoms with van der Waals surface area (Å²) in [5, 5.41) is 35.3. The van der Waals surface area contributed by atoms with E-state index < -0.39 is 12.2 Å². The molecule has 0 saturated carbocycles. The highest BCUT2D eigenvalue weighted by Crippen LogP contribution is 2.56. The van der Waals surface area contributed by atoms with E-state index in [9.17, 15) is 15.3 Å². The molecular formula is C32H35N2O6+. The molecule has 0 spiro atoms. The van der Waals surface area contributed by atoms with Crippen molar-refractivity contribution in [1.82, 2.24) is 5.32 Å². The number of aliphatic hydroxyl groups is 1. The Bertz CT molecular complexity index is 1500. The summed E-state index contributed by atoms with van der Waals surface area (Å²) in [5.41, 5.74) is 7.42.